The van der Waals surface area contributed by atoms with Crippen molar-refractivity contribution < 1.29 is 31.1 Å². The molecule has 3 rings (SSSR count). The number of aromatic nitrogens is 3. The summed E-state index contributed by atoms with van der Waals surface area (Å²) in [5.74, 6) is -0.421. The summed E-state index contributed by atoms with van der Waals surface area (Å²) in [5, 5.41) is 3.59. The molecule has 132 valence electrons. The van der Waals surface area contributed by atoms with Crippen molar-refractivity contribution in [3.8, 4) is 17.0 Å². The van der Waals surface area contributed by atoms with Gasteiger partial charge in [0.2, 0.25) is 0 Å². The van der Waals surface area contributed by atoms with Crippen LogP contribution in [0.3, 0.4) is 0 Å². The molecule has 2 heterocycles. The van der Waals surface area contributed by atoms with E-state index in [0.29, 0.717) is 17.3 Å². The molecule has 0 unspecified atom stereocenters. The first kappa shape index (κ1) is 17.1. The fourth-order valence-corrected chi connectivity index (χ4v) is 2.38. The van der Waals surface area contributed by atoms with Crippen molar-refractivity contribution in [2.75, 3.05) is 0 Å². The highest BCUT2D eigenvalue weighted by molar-refractivity contribution is 5.70. The van der Waals surface area contributed by atoms with Gasteiger partial charge in [0.1, 0.15) is 17.6 Å². The maximum absolute atomic E-state index is 13.0. The molecule has 0 aliphatic carbocycles. The predicted octanol–water partition coefficient (Wildman–Crippen LogP) is 4.62. The summed E-state index contributed by atoms with van der Waals surface area (Å²) in [6.07, 6.45) is -7.61. The molecule has 4 nitrogen and oxygen atoms in total. The van der Waals surface area contributed by atoms with Gasteiger partial charge in [0.15, 0.2) is 0 Å². The lowest BCUT2D eigenvalue weighted by Crippen LogP contribution is -2.17. The third kappa shape index (κ3) is 3.52. The van der Waals surface area contributed by atoms with E-state index in [0.717, 1.165) is 23.0 Å². The van der Waals surface area contributed by atoms with Crippen molar-refractivity contribution in [3.05, 3.63) is 47.9 Å². The van der Waals surface area contributed by atoms with Gasteiger partial charge in [0.25, 0.3) is 0 Å². The molecule has 0 N–H and O–H groups in total. The second-order valence-electron chi connectivity index (χ2n) is 5.18. The van der Waals surface area contributed by atoms with Crippen LogP contribution in [-0.2, 0) is 6.18 Å². The zero-order valence-corrected chi connectivity index (χ0v) is 12.5. The monoisotopic (exact) mass is 361 g/mol. The zero-order valence-electron chi connectivity index (χ0n) is 12.5. The normalized spacial score (nSPS) is 12.6. The summed E-state index contributed by atoms with van der Waals surface area (Å²) in [6.45, 7) is 1.51. The van der Waals surface area contributed by atoms with E-state index in [9.17, 15) is 26.3 Å². The number of halogens is 6. The highest BCUT2D eigenvalue weighted by Crippen LogP contribution is 2.34. The van der Waals surface area contributed by atoms with Gasteiger partial charge in [-0.05, 0) is 36.8 Å². The Labute approximate surface area is 136 Å². The maximum atomic E-state index is 13.0. The molecule has 25 heavy (non-hydrogen) atoms. The van der Waals surface area contributed by atoms with E-state index in [-0.39, 0.29) is 11.2 Å². The van der Waals surface area contributed by atoms with Gasteiger partial charge in [0, 0.05) is 5.56 Å². The van der Waals surface area contributed by atoms with Gasteiger partial charge < -0.3 is 4.74 Å². The minimum absolute atomic E-state index is 0.176. The Balaban J connectivity index is 2.04. The Kier molecular flexibility index (Phi) is 3.85. The van der Waals surface area contributed by atoms with Gasteiger partial charge in [0.05, 0.1) is 17.4 Å². The molecule has 0 atom stereocenters. The topological polar surface area (TPSA) is 39.4 Å². The lowest BCUT2D eigenvalue weighted by Gasteiger charge is -2.12. The second-order valence-corrected chi connectivity index (χ2v) is 5.18. The van der Waals surface area contributed by atoms with Gasteiger partial charge in [-0.3, -0.25) is 0 Å². The van der Waals surface area contributed by atoms with Crippen molar-refractivity contribution in [2.24, 2.45) is 0 Å². The van der Waals surface area contributed by atoms with Crippen LogP contribution in [-0.4, -0.2) is 21.0 Å². The highest BCUT2D eigenvalue weighted by atomic mass is 19.4. The number of benzene rings is 1. The lowest BCUT2D eigenvalue weighted by molar-refractivity contribution is -0.274. The fourth-order valence-electron chi connectivity index (χ4n) is 2.38. The second kappa shape index (κ2) is 5.64. The van der Waals surface area contributed by atoms with Crippen molar-refractivity contribution in [1.82, 2.24) is 14.6 Å². The fraction of sp³-hybridized carbons (Fsp3) is 0.200. The molecule has 0 amide bonds. The van der Waals surface area contributed by atoms with Crippen LogP contribution in [0.2, 0.25) is 0 Å². The molecule has 0 spiro atoms. The summed E-state index contributed by atoms with van der Waals surface area (Å²) >= 11 is 0. The molecule has 10 heteroatoms. The van der Waals surface area contributed by atoms with Crippen LogP contribution < -0.4 is 4.74 Å². The van der Waals surface area contributed by atoms with E-state index in [2.05, 4.69) is 14.8 Å². The Bertz CT molecular complexity index is 929. The van der Waals surface area contributed by atoms with Crippen LogP contribution >= 0.6 is 0 Å². The van der Waals surface area contributed by atoms with Gasteiger partial charge in [-0.25, -0.2) is 9.50 Å². The molecular weight excluding hydrogens is 352 g/mol. The summed E-state index contributed by atoms with van der Waals surface area (Å²) in [4.78, 5) is 4.01. The molecule has 2 aromatic heterocycles. The molecule has 3 aromatic rings. The summed E-state index contributed by atoms with van der Waals surface area (Å²) in [6, 6.07) is 4.69. The Morgan fingerprint density at radius 1 is 1.04 bits per heavy atom. The Morgan fingerprint density at radius 2 is 1.76 bits per heavy atom. The molecule has 0 aliphatic heterocycles. The van der Waals surface area contributed by atoms with Gasteiger partial charge >= 0.3 is 12.5 Å². The number of fused-ring (bicyclic) bond motifs is 1. The number of alkyl halides is 6. The van der Waals surface area contributed by atoms with Crippen LogP contribution in [0.5, 0.6) is 5.75 Å². The lowest BCUT2D eigenvalue weighted by atomic mass is 10.0. The molecule has 0 fully saturated rings. The third-order valence-corrected chi connectivity index (χ3v) is 3.43. The summed E-state index contributed by atoms with van der Waals surface area (Å²) in [5.41, 5.74) is -0.203. The van der Waals surface area contributed by atoms with Crippen LogP contribution in [0, 0.1) is 6.92 Å². The minimum Gasteiger partial charge on any atom is -0.406 e. The van der Waals surface area contributed by atoms with E-state index in [1.807, 2.05) is 0 Å². The van der Waals surface area contributed by atoms with Crippen LogP contribution in [0.25, 0.3) is 16.8 Å². The molecule has 0 radical (unpaired) electrons. The van der Waals surface area contributed by atoms with Gasteiger partial charge in [-0.2, -0.15) is 18.3 Å². The number of aryl methyl sites for hydroxylation is 1. The standard InChI is InChI=1S/C15H9F6N3O/c1-8-4-9(25-15(19,20)21)2-3-10(8)12-5-13-11(14(16,17)18)6-23-24(13)7-22-12/h2-7H,1H3. The highest BCUT2D eigenvalue weighted by Gasteiger charge is 2.34. The zero-order chi connectivity index (χ0) is 18.4. The summed E-state index contributed by atoms with van der Waals surface area (Å²) < 4.78 is 80.4. The number of nitrogens with zero attached hydrogens (tertiary/aromatic N) is 3. The van der Waals surface area contributed by atoms with E-state index in [1.54, 1.807) is 0 Å². The molecule has 0 saturated carbocycles. The quantitative estimate of drug-likeness (QED) is 0.625. The van der Waals surface area contributed by atoms with Crippen molar-refractivity contribution in [1.29, 1.82) is 0 Å². The first-order chi connectivity index (χ1) is 11.5. The smallest absolute Gasteiger partial charge is 0.406 e. The molecule has 1 aromatic carbocycles. The minimum atomic E-state index is -4.83. The first-order valence-corrected chi connectivity index (χ1v) is 6.82. The van der Waals surface area contributed by atoms with Gasteiger partial charge in [-0.15, -0.1) is 13.2 Å². The van der Waals surface area contributed by atoms with Crippen LogP contribution in [0.4, 0.5) is 26.3 Å². The average Bonchev–Trinajstić information content (AvgIpc) is 2.88. The average molecular weight is 361 g/mol. The van der Waals surface area contributed by atoms with Crippen LogP contribution in [0.15, 0.2) is 36.8 Å². The molecular formula is C15H9F6N3O. The van der Waals surface area contributed by atoms with E-state index < -0.39 is 23.9 Å². The Hall–Kier alpha value is -2.78. The number of ether oxygens (including phenoxy) is 1. The maximum Gasteiger partial charge on any atom is 0.573 e. The SMILES string of the molecule is Cc1cc(OC(F)(F)F)ccc1-c1cc2c(C(F)(F)F)cnn2cn1. The largest absolute Gasteiger partial charge is 0.573 e. The van der Waals surface area contributed by atoms with Crippen molar-refractivity contribution in [2.45, 2.75) is 19.5 Å². The van der Waals surface area contributed by atoms with E-state index >= 15 is 0 Å². The van der Waals surface area contributed by atoms with Crippen molar-refractivity contribution in [3.63, 3.8) is 0 Å². The first-order valence-electron chi connectivity index (χ1n) is 6.82. The summed E-state index contributed by atoms with van der Waals surface area (Å²) in [7, 11) is 0. The molecule has 0 aliphatic rings. The van der Waals surface area contributed by atoms with Gasteiger partial charge in [-0.1, -0.05) is 0 Å². The number of hydrogen-bond acceptors (Lipinski definition) is 3. The number of hydrogen-bond donors (Lipinski definition) is 0. The van der Waals surface area contributed by atoms with E-state index in [4.69, 9.17) is 0 Å². The van der Waals surface area contributed by atoms with Crippen molar-refractivity contribution >= 4 is 5.52 Å². The molecule has 0 saturated heterocycles. The molecule has 0 bridgehead atoms. The Morgan fingerprint density at radius 3 is 2.36 bits per heavy atom. The number of rotatable bonds is 2. The van der Waals surface area contributed by atoms with E-state index in [1.165, 1.54) is 19.1 Å². The predicted molar refractivity (Wildman–Crippen MR) is 74.8 cm³/mol. The van der Waals surface area contributed by atoms with Crippen LogP contribution in [0.1, 0.15) is 11.1 Å². The third-order valence-electron chi connectivity index (χ3n) is 3.43.